The molecule has 0 aliphatic heterocycles. The largest absolute Gasteiger partial charge is 0.508 e. The van der Waals surface area contributed by atoms with E-state index in [1.807, 2.05) is 0 Å². The van der Waals surface area contributed by atoms with Crippen molar-refractivity contribution in [2.75, 3.05) is 5.32 Å². The SMILES string of the molecule is NC(=S)c1ccc(Cl)cc1NC(=O)c1cc(O)cc(O)c1. The van der Waals surface area contributed by atoms with Gasteiger partial charge in [-0.3, -0.25) is 4.79 Å². The Morgan fingerprint density at radius 3 is 2.33 bits per heavy atom. The van der Waals surface area contributed by atoms with E-state index in [0.717, 1.165) is 6.07 Å². The first-order valence-corrected chi connectivity index (χ1v) is 6.59. The van der Waals surface area contributed by atoms with Crippen molar-refractivity contribution >= 4 is 40.4 Å². The van der Waals surface area contributed by atoms with Crippen LogP contribution < -0.4 is 11.1 Å². The maximum Gasteiger partial charge on any atom is 0.255 e. The van der Waals surface area contributed by atoms with Crippen LogP contribution in [0.1, 0.15) is 15.9 Å². The third-order valence-corrected chi connectivity index (χ3v) is 3.12. The van der Waals surface area contributed by atoms with E-state index in [1.54, 1.807) is 12.1 Å². The zero-order valence-corrected chi connectivity index (χ0v) is 12.2. The molecule has 0 radical (unpaired) electrons. The zero-order chi connectivity index (χ0) is 15.6. The average molecular weight is 323 g/mol. The fraction of sp³-hybridized carbons (Fsp3) is 0. The molecule has 108 valence electrons. The Bertz CT molecular complexity index is 714. The summed E-state index contributed by atoms with van der Waals surface area (Å²) in [5.74, 6) is -0.984. The van der Waals surface area contributed by atoms with Crippen molar-refractivity contribution in [1.29, 1.82) is 0 Å². The van der Waals surface area contributed by atoms with Gasteiger partial charge in [-0.1, -0.05) is 23.8 Å². The van der Waals surface area contributed by atoms with Crippen LogP contribution in [0.3, 0.4) is 0 Å². The van der Waals surface area contributed by atoms with E-state index in [0.29, 0.717) is 16.3 Å². The molecule has 0 aliphatic carbocycles. The number of rotatable bonds is 3. The molecule has 0 heterocycles. The van der Waals surface area contributed by atoms with Crippen LogP contribution in [0, 0.1) is 0 Å². The van der Waals surface area contributed by atoms with Gasteiger partial charge in [-0.05, 0) is 30.3 Å². The van der Waals surface area contributed by atoms with E-state index in [9.17, 15) is 15.0 Å². The van der Waals surface area contributed by atoms with Gasteiger partial charge in [0.15, 0.2) is 0 Å². The van der Waals surface area contributed by atoms with E-state index in [4.69, 9.17) is 29.6 Å². The highest BCUT2D eigenvalue weighted by molar-refractivity contribution is 7.80. The minimum Gasteiger partial charge on any atom is -0.508 e. The Kier molecular flexibility index (Phi) is 4.30. The summed E-state index contributed by atoms with van der Waals surface area (Å²) in [4.78, 5) is 12.3. The molecule has 0 saturated carbocycles. The smallest absolute Gasteiger partial charge is 0.255 e. The normalized spacial score (nSPS) is 10.1. The highest BCUT2D eigenvalue weighted by Crippen LogP contribution is 2.24. The highest BCUT2D eigenvalue weighted by atomic mass is 35.5. The lowest BCUT2D eigenvalue weighted by molar-refractivity contribution is 0.102. The van der Waals surface area contributed by atoms with Crippen molar-refractivity contribution in [1.82, 2.24) is 0 Å². The van der Waals surface area contributed by atoms with Gasteiger partial charge in [0.2, 0.25) is 0 Å². The molecule has 1 amide bonds. The first kappa shape index (κ1) is 15.1. The zero-order valence-electron chi connectivity index (χ0n) is 10.6. The van der Waals surface area contributed by atoms with Gasteiger partial charge in [0, 0.05) is 22.2 Å². The summed E-state index contributed by atoms with van der Waals surface area (Å²) in [7, 11) is 0. The average Bonchev–Trinajstić information content (AvgIpc) is 2.37. The second-order valence-corrected chi connectivity index (χ2v) is 5.12. The van der Waals surface area contributed by atoms with E-state index in [1.165, 1.54) is 18.2 Å². The number of aromatic hydroxyl groups is 2. The summed E-state index contributed by atoms with van der Waals surface area (Å²) in [6, 6.07) is 8.28. The van der Waals surface area contributed by atoms with Gasteiger partial charge < -0.3 is 21.3 Å². The molecular formula is C14H11ClN2O3S. The summed E-state index contributed by atoms with van der Waals surface area (Å²) in [5, 5.41) is 21.8. The fourth-order valence-electron chi connectivity index (χ4n) is 1.76. The van der Waals surface area contributed by atoms with E-state index < -0.39 is 5.91 Å². The first-order chi connectivity index (χ1) is 9.86. The molecule has 2 rings (SSSR count). The van der Waals surface area contributed by atoms with E-state index in [-0.39, 0.29) is 22.1 Å². The first-order valence-electron chi connectivity index (χ1n) is 5.80. The molecule has 0 fully saturated rings. The van der Waals surface area contributed by atoms with Crippen molar-refractivity contribution in [2.24, 2.45) is 5.73 Å². The number of hydrogen-bond donors (Lipinski definition) is 4. The minimum absolute atomic E-state index is 0.0846. The maximum atomic E-state index is 12.1. The van der Waals surface area contributed by atoms with Crippen molar-refractivity contribution in [2.45, 2.75) is 0 Å². The Morgan fingerprint density at radius 1 is 1.14 bits per heavy atom. The van der Waals surface area contributed by atoms with Crippen LogP contribution in [0.15, 0.2) is 36.4 Å². The number of amides is 1. The van der Waals surface area contributed by atoms with Crippen molar-refractivity contribution in [3.63, 3.8) is 0 Å². The monoisotopic (exact) mass is 322 g/mol. The Hall–Kier alpha value is -2.31. The summed E-state index contributed by atoms with van der Waals surface area (Å²) < 4.78 is 0. The van der Waals surface area contributed by atoms with Crippen molar-refractivity contribution < 1.29 is 15.0 Å². The number of phenols is 2. The highest BCUT2D eigenvalue weighted by Gasteiger charge is 2.13. The van der Waals surface area contributed by atoms with Crippen LogP contribution in [0.25, 0.3) is 0 Å². The Balaban J connectivity index is 2.35. The third kappa shape index (κ3) is 3.62. The quantitative estimate of drug-likeness (QED) is 0.652. The number of phenolic OH excluding ortho intramolecular Hbond substituents is 2. The number of halogens is 1. The molecule has 0 saturated heterocycles. The third-order valence-electron chi connectivity index (χ3n) is 2.66. The summed E-state index contributed by atoms with van der Waals surface area (Å²) >= 11 is 10.8. The van der Waals surface area contributed by atoms with Crippen LogP contribution in [-0.4, -0.2) is 21.1 Å². The molecule has 2 aromatic carbocycles. The molecular weight excluding hydrogens is 312 g/mol. The van der Waals surface area contributed by atoms with Crippen LogP contribution in [0.4, 0.5) is 5.69 Å². The molecule has 0 spiro atoms. The molecule has 0 atom stereocenters. The van der Waals surface area contributed by atoms with Gasteiger partial charge in [-0.25, -0.2) is 0 Å². The van der Waals surface area contributed by atoms with Crippen molar-refractivity contribution in [3.8, 4) is 11.5 Å². The number of nitrogens with two attached hydrogens (primary N) is 1. The second kappa shape index (κ2) is 5.99. The van der Waals surface area contributed by atoms with Crippen LogP contribution in [-0.2, 0) is 0 Å². The molecule has 7 heteroatoms. The fourth-order valence-corrected chi connectivity index (χ4v) is 2.11. The second-order valence-electron chi connectivity index (χ2n) is 4.25. The van der Waals surface area contributed by atoms with Crippen LogP contribution in [0.2, 0.25) is 5.02 Å². The van der Waals surface area contributed by atoms with Gasteiger partial charge >= 0.3 is 0 Å². The number of anilines is 1. The number of benzene rings is 2. The van der Waals surface area contributed by atoms with Gasteiger partial charge in [0.25, 0.3) is 5.91 Å². The Labute approximate surface area is 131 Å². The predicted octanol–water partition coefficient (Wildman–Crippen LogP) is 2.64. The number of carbonyl (C=O) groups excluding carboxylic acids is 1. The molecule has 5 nitrogen and oxygen atoms in total. The van der Waals surface area contributed by atoms with Crippen LogP contribution in [0.5, 0.6) is 11.5 Å². The lowest BCUT2D eigenvalue weighted by Gasteiger charge is -2.11. The topological polar surface area (TPSA) is 95.6 Å². The van der Waals surface area contributed by atoms with Gasteiger partial charge in [-0.15, -0.1) is 0 Å². The van der Waals surface area contributed by atoms with Crippen LogP contribution >= 0.6 is 23.8 Å². The molecule has 21 heavy (non-hydrogen) atoms. The summed E-state index contributed by atoms with van der Waals surface area (Å²) in [5.41, 5.74) is 6.48. The standard InChI is InChI=1S/C14H11ClN2O3S/c15-8-1-2-11(13(16)21)12(5-8)17-14(20)7-3-9(18)6-10(19)4-7/h1-6,18-19H,(H2,16,21)(H,17,20). The molecule has 0 aliphatic rings. The van der Waals surface area contributed by atoms with Gasteiger partial charge in [0.1, 0.15) is 16.5 Å². The summed E-state index contributed by atoms with van der Waals surface area (Å²) in [6.45, 7) is 0. The summed E-state index contributed by atoms with van der Waals surface area (Å²) in [6.07, 6.45) is 0. The number of nitrogens with one attached hydrogen (secondary N) is 1. The molecule has 2 aromatic rings. The van der Waals surface area contributed by atoms with Gasteiger partial charge in [0.05, 0.1) is 5.69 Å². The molecule has 0 bridgehead atoms. The lowest BCUT2D eigenvalue weighted by Crippen LogP contribution is -2.17. The number of hydrogen-bond acceptors (Lipinski definition) is 4. The molecule has 5 N–H and O–H groups in total. The molecule has 0 aromatic heterocycles. The lowest BCUT2D eigenvalue weighted by atomic mass is 10.1. The number of thiocarbonyl (C=S) groups is 1. The molecule has 0 unspecified atom stereocenters. The van der Waals surface area contributed by atoms with E-state index in [2.05, 4.69) is 5.32 Å². The van der Waals surface area contributed by atoms with Gasteiger partial charge in [-0.2, -0.15) is 0 Å². The Morgan fingerprint density at radius 2 is 1.76 bits per heavy atom. The minimum atomic E-state index is -0.541. The maximum absolute atomic E-state index is 12.1. The van der Waals surface area contributed by atoms with E-state index >= 15 is 0 Å². The van der Waals surface area contributed by atoms with Crippen molar-refractivity contribution in [3.05, 3.63) is 52.5 Å². The number of carbonyl (C=O) groups is 1. The predicted molar refractivity (Wildman–Crippen MR) is 85.1 cm³/mol.